The number of amides is 2. The molecule has 1 atom stereocenters. The molecule has 0 spiro atoms. The minimum absolute atomic E-state index is 0.0333. The predicted molar refractivity (Wildman–Crippen MR) is 85.9 cm³/mol. The maximum Gasteiger partial charge on any atom is 0.405 e. The van der Waals surface area contributed by atoms with Crippen molar-refractivity contribution in [2.45, 2.75) is 38.9 Å². The first-order valence-corrected chi connectivity index (χ1v) is 8.04. The highest BCUT2D eigenvalue weighted by Crippen LogP contribution is 2.21. The Bertz CT molecular complexity index is 568. The molecule has 2 N–H and O–H groups in total. The van der Waals surface area contributed by atoms with Crippen molar-refractivity contribution in [1.29, 1.82) is 0 Å². The predicted octanol–water partition coefficient (Wildman–Crippen LogP) is 2.32. The first kappa shape index (κ1) is 18.0. The molecule has 7 heteroatoms. The van der Waals surface area contributed by atoms with Crippen LogP contribution >= 0.6 is 0 Å². The summed E-state index contributed by atoms with van der Waals surface area (Å²) in [5.41, 5.74) is 5.04. The Morgan fingerprint density at radius 2 is 1.79 bits per heavy atom. The van der Waals surface area contributed by atoms with Gasteiger partial charge >= 0.3 is 6.09 Å². The highest BCUT2D eigenvalue weighted by molar-refractivity contribution is 5.83. The lowest BCUT2D eigenvalue weighted by molar-refractivity contribution is -0.144. The van der Waals surface area contributed by atoms with Crippen molar-refractivity contribution in [2.24, 2.45) is 11.7 Å². The van der Waals surface area contributed by atoms with Crippen LogP contribution in [-0.2, 0) is 9.53 Å². The minimum Gasteiger partial charge on any atom is -0.490 e. The van der Waals surface area contributed by atoms with Gasteiger partial charge in [-0.3, -0.25) is 4.79 Å². The van der Waals surface area contributed by atoms with E-state index < -0.39 is 12.2 Å². The second kappa shape index (κ2) is 7.99. The number of halogens is 1. The molecule has 0 bridgehead atoms. The molecular weight excluding hydrogens is 315 g/mol. The Labute approximate surface area is 140 Å². The summed E-state index contributed by atoms with van der Waals surface area (Å²) in [6.45, 7) is 4.62. The van der Waals surface area contributed by atoms with E-state index in [4.69, 9.17) is 15.2 Å². The van der Waals surface area contributed by atoms with Crippen LogP contribution in [0.3, 0.4) is 0 Å². The minimum atomic E-state index is -0.948. The van der Waals surface area contributed by atoms with Gasteiger partial charge in [0.1, 0.15) is 17.7 Å². The van der Waals surface area contributed by atoms with E-state index in [9.17, 15) is 14.0 Å². The fourth-order valence-electron chi connectivity index (χ4n) is 2.68. The number of nitrogens with two attached hydrogens (primary N) is 1. The number of rotatable bonds is 5. The molecule has 2 rings (SSSR count). The standard InChI is InChI=1S/C17H23FN2O4/c1-11(2)15(24-17(19)22)16(21)20-9-7-14(8-10-20)23-13-5-3-12(18)4-6-13/h3-6,11,14-15H,7-10H2,1-2H3,(H2,19,22)/t15-/m0/s1. The van der Waals surface area contributed by atoms with Crippen molar-refractivity contribution < 1.29 is 23.5 Å². The highest BCUT2D eigenvalue weighted by Gasteiger charge is 2.32. The summed E-state index contributed by atoms with van der Waals surface area (Å²) in [6, 6.07) is 5.87. The van der Waals surface area contributed by atoms with E-state index in [1.54, 1.807) is 30.9 Å². The van der Waals surface area contributed by atoms with Gasteiger partial charge in [-0.2, -0.15) is 0 Å². The van der Waals surface area contributed by atoms with Crippen LogP contribution in [0.25, 0.3) is 0 Å². The number of hydrogen-bond acceptors (Lipinski definition) is 4. The number of carbonyl (C=O) groups is 2. The third-order valence-electron chi connectivity index (χ3n) is 3.96. The lowest BCUT2D eigenvalue weighted by atomic mass is 10.0. The van der Waals surface area contributed by atoms with E-state index >= 15 is 0 Å². The Balaban J connectivity index is 1.87. The van der Waals surface area contributed by atoms with Gasteiger partial charge in [-0.15, -0.1) is 0 Å². The first-order valence-electron chi connectivity index (χ1n) is 8.04. The van der Waals surface area contributed by atoms with E-state index in [2.05, 4.69) is 0 Å². The number of likely N-dealkylation sites (tertiary alicyclic amines) is 1. The zero-order valence-corrected chi connectivity index (χ0v) is 13.9. The lowest BCUT2D eigenvalue weighted by Gasteiger charge is -2.34. The second-order valence-corrected chi connectivity index (χ2v) is 6.20. The Kier molecular flexibility index (Phi) is 6.00. The summed E-state index contributed by atoms with van der Waals surface area (Å²) in [4.78, 5) is 25.1. The van der Waals surface area contributed by atoms with Crippen molar-refractivity contribution in [1.82, 2.24) is 4.90 Å². The van der Waals surface area contributed by atoms with Crippen molar-refractivity contribution >= 4 is 12.0 Å². The zero-order chi connectivity index (χ0) is 17.7. The van der Waals surface area contributed by atoms with Crippen molar-refractivity contribution in [3.63, 3.8) is 0 Å². The van der Waals surface area contributed by atoms with Gasteiger partial charge in [0.25, 0.3) is 5.91 Å². The van der Waals surface area contributed by atoms with Crippen LogP contribution in [0.2, 0.25) is 0 Å². The van der Waals surface area contributed by atoms with E-state index in [0.29, 0.717) is 31.7 Å². The van der Waals surface area contributed by atoms with Gasteiger partial charge in [0, 0.05) is 25.9 Å². The molecule has 1 aromatic carbocycles. The van der Waals surface area contributed by atoms with Gasteiger partial charge in [0.05, 0.1) is 0 Å². The Morgan fingerprint density at radius 1 is 1.21 bits per heavy atom. The van der Waals surface area contributed by atoms with Gasteiger partial charge in [0.15, 0.2) is 6.10 Å². The second-order valence-electron chi connectivity index (χ2n) is 6.20. The number of benzene rings is 1. The molecule has 132 valence electrons. The summed E-state index contributed by atoms with van der Waals surface area (Å²) < 4.78 is 23.6. The third-order valence-corrected chi connectivity index (χ3v) is 3.96. The zero-order valence-electron chi connectivity index (χ0n) is 13.9. The van der Waals surface area contributed by atoms with Gasteiger partial charge in [0.2, 0.25) is 0 Å². The van der Waals surface area contributed by atoms with E-state index in [-0.39, 0.29) is 23.7 Å². The molecule has 6 nitrogen and oxygen atoms in total. The number of primary amides is 1. The average Bonchev–Trinajstić information content (AvgIpc) is 2.54. The summed E-state index contributed by atoms with van der Waals surface area (Å²) >= 11 is 0. The van der Waals surface area contributed by atoms with Gasteiger partial charge in [-0.25, -0.2) is 9.18 Å². The van der Waals surface area contributed by atoms with Crippen LogP contribution in [0.4, 0.5) is 9.18 Å². The van der Waals surface area contributed by atoms with E-state index in [1.165, 1.54) is 12.1 Å². The Hall–Kier alpha value is -2.31. The van der Waals surface area contributed by atoms with Crippen LogP contribution in [-0.4, -0.2) is 42.2 Å². The quantitative estimate of drug-likeness (QED) is 0.893. The molecule has 0 unspecified atom stereocenters. The lowest BCUT2D eigenvalue weighted by Crippen LogP contribution is -2.49. The van der Waals surface area contributed by atoms with E-state index in [0.717, 1.165) is 0 Å². The molecule has 24 heavy (non-hydrogen) atoms. The fraction of sp³-hybridized carbons (Fsp3) is 0.529. The molecule has 2 amide bonds. The van der Waals surface area contributed by atoms with Crippen LogP contribution in [0.5, 0.6) is 5.75 Å². The number of ether oxygens (including phenoxy) is 2. The van der Waals surface area contributed by atoms with Crippen LogP contribution < -0.4 is 10.5 Å². The molecule has 0 radical (unpaired) electrons. The molecule has 1 saturated heterocycles. The summed E-state index contributed by atoms with van der Waals surface area (Å²) in [5, 5.41) is 0. The van der Waals surface area contributed by atoms with Gasteiger partial charge in [-0.05, 0) is 30.2 Å². The number of hydrogen-bond donors (Lipinski definition) is 1. The summed E-state index contributed by atoms with van der Waals surface area (Å²) in [5.74, 6) is -0.0857. The molecular formula is C17H23FN2O4. The fourth-order valence-corrected chi connectivity index (χ4v) is 2.68. The number of piperidine rings is 1. The largest absolute Gasteiger partial charge is 0.490 e. The smallest absolute Gasteiger partial charge is 0.405 e. The topological polar surface area (TPSA) is 81.9 Å². The molecule has 1 aliphatic rings. The molecule has 0 aromatic heterocycles. The highest BCUT2D eigenvalue weighted by atomic mass is 19.1. The molecule has 1 aliphatic heterocycles. The van der Waals surface area contributed by atoms with Crippen LogP contribution in [0.1, 0.15) is 26.7 Å². The van der Waals surface area contributed by atoms with Crippen LogP contribution in [0, 0.1) is 11.7 Å². The van der Waals surface area contributed by atoms with Crippen LogP contribution in [0.15, 0.2) is 24.3 Å². The number of nitrogens with zero attached hydrogens (tertiary/aromatic N) is 1. The SMILES string of the molecule is CC(C)[C@H](OC(N)=O)C(=O)N1CCC(Oc2ccc(F)cc2)CC1. The normalized spacial score (nSPS) is 16.8. The summed E-state index contributed by atoms with van der Waals surface area (Å²) in [7, 11) is 0. The van der Waals surface area contributed by atoms with Gasteiger partial charge in [-0.1, -0.05) is 13.8 Å². The van der Waals surface area contributed by atoms with Gasteiger partial charge < -0.3 is 20.1 Å². The van der Waals surface area contributed by atoms with Crippen molar-refractivity contribution in [3.05, 3.63) is 30.1 Å². The monoisotopic (exact) mass is 338 g/mol. The maximum atomic E-state index is 12.9. The molecule has 0 saturated carbocycles. The molecule has 1 fully saturated rings. The van der Waals surface area contributed by atoms with Crippen molar-refractivity contribution in [2.75, 3.05) is 13.1 Å². The summed E-state index contributed by atoms with van der Waals surface area (Å²) in [6.07, 6.45) is -0.530. The van der Waals surface area contributed by atoms with Crippen molar-refractivity contribution in [3.8, 4) is 5.75 Å². The average molecular weight is 338 g/mol. The third kappa shape index (κ3) is 4.84. The first-order chi connectivity index (χ1) is 11.4. The molecule has 1 aromatic rings. The molecule has 1 heterocycles. The van der Waals surface area contributed by atoms with E-state index in [1.807, 2.05) is 0 Å². The Morgan fingerprint density at radius 3 is 2.29 bits per heavy atom. The number of carbonyl (C=O) groups excluding carboxylic acids is 2. The molecule has 0 aliphatic carbocycles. The maximum absolute atomic E-state index is 12.9.